The summed E-state index contributed by atoms with van der Waals surface area (Å²) in [5.41, 5.74) is 1.68. The van der Waals surface area contributed by atoms with E-state index in [4.69, 9.17) is 5.11 Å². The van der Waals surface area contributed by atoms with Crippen LogP contribution in [0.4, 0.5) is 5.69 Å². The molecule has 1 aromatic rings. The molecule has 0 saturated carbocycles. The Bertz CT molecular complexity index is 567. The van der Waals surface area contributed by atoms with E-state index in [1.165, 1.54) is 0 Å². The van der Waals surface area contributed by atoms with Gasteiger partial charge in [-0.15, -0.1) is 0 Å². The molecule has 1 amide bonds. The summed E-state index contributed by atoms with van der Waals surface area (Å²) in [6, 6.07) is 7.29. The fourth-order valence-electron chi connectivity index (χ4n) is 2.20. The number of hydrogen-bond acceptors (Lipinski definition) is 2. The number of rotatable bonds is 2. The van der Waals surface area contributed by atoms with Crippen LogP contribution in [0.5, 0.6) is 0 Å². The predicted octanol–water partition coefficient (Wildman–Crippen LogP) is 2.55. The van der Waals surface area contributed by atoms with Crippen LogP contribution in [0, 0.1) is 5.41 Å². The van der Waals surface area contributed by atoms with E-state index < -0.39 is 5.97 Å². The standard InChI is InChI=1S/C15H17NO3/c1-15(2,3)9-16-12-7-5-4-6-10(12)11(14(16)19)8-13(17)18/h4-8H,9H2,1-3H3,(H,17,18). The fraction of sp³-hybridized carbons (Fsp3) is 0.333. The zero-order valence-corrected chi connectivity index (χ0v) is 11.3. The highest BCUT2D eigenvalue weighted by Crippen LogP contribution is 2.38. The lowest BCUT2D eigenvalue weighted by molar-refractivity contribution is -0.131. The van der Waals surface area contributed by atoms with Gasteiger partial charge in [-0.3, -0.25) is 4.79 Å². The van der Waals surface area contributed by atoms with Crippen molar-refractivity contribution in [2.75, 3.05) is 11.4 Å². The number of hydrogen-bond donors (Lipinski definition) is 1. The van der Waals surface area contributed by atoms with Crippen molar-refractivity contribution in [1.82, 2.24) is 0 Å². The average Bonchev–Trinajstić information content (AvgIpc) is 2.53. The molecule has 0 unspecified atom stereocenters. The topological polar surface area (TPSA) is 57.6 Å². The van der Waals surface area contributed by atoms with E-state index in [0.29, 0.717) is 12.1 Å². The van der Waals surface area contributed by atoms with E-state index in [1.54, 1.807) is 11.0 Å². The van der Waals surface area contributed by atoms with Gasteiger partial charge in [0.25, 0.3) is 5.91 Å². The van der Waals surface area contributed by atoms with Crippen LogP contribution < -0.4 is 4.90 Å². The third-order valence-electron chi connectivity index (χ3n) is 2.86. The molecular formula is C15H17NO3. The Balaban J connectivity index is 2.50. The van der Waals surface area contributed by atoms with Gasteiger partial charge in [0.1, 0.15) is 0 Å². The zero-order chi connectivity index (χ0) is 14.2. The molecular weight excluding hydrogens is 242 g/mol. The van der Waals surface area contributed by atoms with Gasteiger partial charge in [0.2, 0.25) is 0 Å². The maximum Gasteiger partial charge on any atom is 0.329 e. The largest absolute Gasteiger partial charge is 0.478 e. The molecule has 2 rings (SSSR count). The van der Waals surface area contributed by atoms with Gasteiger partial charge in [0.15, 0.2) is 0 Å². The Hall–Kier alpha value is -2.10. The quantitative estimate of drug-likeness (QED) is 0.830. The van der Waals surface area contributed by atoms with Crippen LogP contribution in [0.1, 0.15) is 26.3 Å². The Labute approximate surface area is 112 Å². The van der Waals surface area contributed by atoms with Gasteiger partial charge >= 0.3 is 5.97 Å². The first-order valence-electron chi connectivity index (χ1n) is 6.15. The van der Waals surface area contributed by atoms with Crippen molar-refractivity contribution in [1.29, 1.82) is 0 Å². The Morgan fingerprint density at radius 3 is 2.53 bits per heavy atom. The molecule has 0 atom stereocenters. The summed E-state index contributed by atoms with van der Waals surface area (Å²) in [6.45, 7) is 6.69. The van der Waals surface area contributed by atoms with Crippen molar-refractivity contribution >= 4 is 23.1 Å². The number of carboxylic acid groups (broad SMARTS) is 1. The summed E-state index contributed by atoms with van der Waals surface area (Å²) in [4.78, 5) is 24.9. The summed E-state index contributed by atoms with van der Waals surface area (Å²) in [5.74, 6) is -1.34. The lowest BCUT2D eigenvalue weighted by Crippen LogP contribution is -2.34. The van der Waals surface area contributed by atoms with Gasteiger partial charge in [0.05, 0.1) is 11.3 Å². The summed E-state index contributed by atoms with van der Waals surface area (Å²) in [7, 11) is 0. The highest BCUT2D eigenvalue weighted by atomic mass is 16.4. The molecule has 100 valence electrons. The number of para-hydroxylation sites is 1. The second-order valence-corrected chi connectivity index (χ2v) is 5.87. The van der Waals surface area contributed by atoms with Crippen LogP contribution in [0.3, 0.4) is 0 Å². The minimum absolute atomic E-state index is 0.0541. The second kappa shape index (κ2) is 4.53. The van der Waals surface area contributed by atoms with E-state index in [9.17, 15) is 9.59 Å². The molecule has 1 aromatic carbocycles. The number of nitrogens with zero attached hydrogens (tertiary/aromatic N) is 1. The maximum atomic E-state index is 12.4. The minimum atomic E-state index is -1.10. The number of carbonyl (C=O) groups is 2. The Morgan fingerprint density at radius 1 is 1.32 bits per heavy atom. The second-order valence-electron chi connectivity index (χ2n) is 5.87. The van der Waals surface area contributed by atoms with E-state index in [1.807, 2.05) is 39.0 Å². The molecule has 1 heterocycles. The number of anilines is 1. The first-order chi connectivity index (χ1) is 8.79. The number of carbonyl (C=O) groups excluding carboxylic acids is 1. The number of benzene rings is 1. The molecule has 0 spiro atoms. The molecule has 0 aliphatic carbocycles. The van der Waals surface area contributed by atoms with Crippen molar-refractivity contribution < 1.29 is 14.7 Å². The molecule has 19 heavy (non-hydrogen) atoms. The number of amides is 1. The molecule has 1 aliphatic rings. The average molecular weight is 259 g/mol. The zero-order valence-electron chi connectivity index (χ0n) is 11.3. The summed E-state index contributed by atoms with van der Waals surface area (Å²) in [5, 5.41) is 8.89. The molecule has 4 nitrogen and oxygen atoms in total. The number of fused-ring (bicyclic) bond motifs is 1. The van der Waals surface area contributed by atoms with Crippen LogP contribution in [0.2, 0.25) is 0 Å². The van der Waals surface area contributed by atoms with Crippen LogP contribution in [0.15, 0.2) is 30.3 Å². The summed E-state index contributed by atoms with van der Waals surface area (Å²) < 4.78 is 0. The lowest BCUT2D eigenvalue weighted by atomic mass is 9.96. The molecule has 0 aromatic heterocycles. The molecule has 0 saturated heterocycles. The van der Waals surface area contributed by atoms with Crippen LogP contribution in [0.25, 0.3) is 5.57 Å². The van der Waals surface area contributed by atoms with Crippen LogP contribution in [-0.4, -0.2) is 23.5 Å². The maximum absolute atomic E-state index is 12.4. The summed E-state index contributed by atoms with van der Waals surface area (Å²) >= 11 is 0. The Morgan fingerprint density at radius 2 is 1.95 bits per heavy atom. The monoisotopic (exact) mass is 259 g/mol. The fourth-order valence-corrected chi connectivity index (χ4v) is 2.20. The van der Waals surface area contributed by atoms with Crippen LogP contribution in [-0.2, 0) is 9.59 Å². The van der Waals surface area contributed by atoms with Crippen molar-refractivity contribution in [3.05, 3.63) is 35.9 Å². The predicted molar refractivity (Wildman–Crippen MR) is 73.9 cm³/mol. The minimum Gasteiger partial charge on any atom is -0.478 e. The van der Waals surface area contributed by atoms with E-state index in [-0.39, 0.29) is 16.9 Å². The van der Waals surface area contributed by atoms with Crippen molar-refractivity contribution in [3.8, 4) is 0 Å². The number of aliphatic carboxylic acids is 1. The molecule has 4 heteroatoms. The molecule has 1 N–H and O–H groups in total. The highest BCUT2D eigenvalue weighted by Gasteiger charge is 2.34. The first-order valence-corrected chi connectivity index (χ1v) is 6.15. The van der Waals surface area contributed by atoms with Gasteiger partial charge in [-0.05, 0) is 11.5 Å². The molecule has 1 aliphatic heterocycles. The van der Waals surface area contributed by atoms with Gasteiger partial charge in [-0.1, -0.05) is 39.0 Å². The van der Waals surface area contributed by atoms with Crippen LogP contribution >= 0.6 is 0 Å². The first kappa shape index (κ1) is 13.3. The number of carboxylic acids is 1. The Kier molecular flexibility index (Phi) is 3.18. The van der Waals surface area contributed by atoms with Gasteiger partial charge < -0.3 is 10.0 Å². The molecule has 0 fully saturated rings. The highest BCUT2D eigenvalue weighted by molar-refractivity contribution is 6.34. The van der Waals surface area contributed by atoms with Crippen molar-refractivity contribution in [2.45, 2.75) is 20.8 Å². The normalized spacial score (nSPS) is 16.9. The lowest BCUT2D eigenvalue weighted by Gasteiger charge is -2.26. The van der Waals surface area contributed by atoms with Crippen molar-refractivity contribution in [3.63, 3.8) is 0 Å². The van der Waals surface area contributed by atoms with E-state index in [0.717, 1.165) is 11.8 Å². The summed E-state index contributed by atoms with van der Waals surface area (Å²) in [6.07, 6.45) is 0.990. The van der Waals surface area contributed by atoms with Gasteiger partial charge in [-0.25, -0.2) is 4.79 Å². The van der Waals surface area contributed by atoms with Crippen molar-refractivity contribution in [2.24, 2.45) is 5.41 Å². The molecule has 0 bridgehead atoms. The third-order valence-corrected chi connectivity index (χ3v) is 2.86. The molecule has 0 radical (unpaired) electrons. The van der Waals surface area contributed by atoms with Gasteiger partial charge in [-0.2, -0.15) is 0 Å². The smallest absolute Gasteiger partial charge is 0.329 e. The SMILES string of the molecule is CC(C)(C)CN1C(=O)C(=CC(=O)O)c2ccccc21. The van der Waals surface area contributed by atoms with E-state index in [2.05, 4.69) is 0 Å². The van der Waals surface area contributed by atoms with E-state index >= 15 is 0 Å². The van der Waals surface area contributed by atoms with Gasteiger partial charge in [0, 0.05) is 18.2 Å². The third kappa shape index (κ3) is 2.67.